The van der Waals surface area contributed by atoms with Crippen LogP contribution in [0.15, 0.2) is 267 Å². The fraction of sp³-hybridized carbons (Fsp3) is 0.0448. The zero-order chi connectivity index (χ0) is 45.8. The molecule has 0 saturated heterocycles. The lowest BCUT2D eigenvalue weighted by atomic mass is 9.82. The van der Waals surface area contributed by atoms with Gasteiger partial charge in [0.15, 0.2) is 0 Å². The molecule has 1 aromatic heterocycles. The number of allylic oxidation sites excluding steroid dienone is 3. The lowest BCUT2D eigenvalue weighted by Crippen LogP contribution is -2.20. The molecule has 2 atom stereocenters. The fourth-order valence-corrected chi connectivity index (χ4v) is 11.1. The van der Waals surface area contributed by atoms with Crippen molar-refractivity contribution >= 4 is 65.5 Å². The lowest BCUT2D eigenvalue weighted by molar-refractivity contribution is 0.628. The molecule has 2 unspecified atom stereocenters. The summed E-state index contributed by atoms with van der Waals surface area (Å²) in [6.45, 7) is 2.36. The van der Waals surface area contributed by atoms with Crippen molar-refractivity contribution in [1.82, 2.24) is 4.57 Å². The van der Waals surface area contributed by atoms with Crippen molar-refractivity contribution < 1.29 is 0 Å². The molecule has 0 fully saturated rings. The van der Waals surface area contributed by atoms with Gasteiger partial charge in [-0.25, -0.2) is 0 Å². The molecule has 1 aliphatic rings. The van der Waals surface area contributed by atoms with Crippen LogP contribution in [0.2, 0.25) is 0 Å². The van der Waals surface area contributed by atoms with Gasteiger partial charge in [-0.3, -0.25) is 0 Å². The van der Waals surface area contributed by atoms with Gasteiger partial charge in [0.2, 0.25) is 0 Å². The summed E-state index contributed by atoms with van der Waals surface area (Å²) in [5.74, 6) is 0.493. The van der Waals surface area contributed by atoms with Crippen LogP contribution < -0.4 is 4.90 Å². The third kappa shape index (κ3) is 7.12. The fourth-order valence-electron chi connectivity index (χ4n) is 11.1. The predicted octanol–water partition coefficient (Wildman–Crippen LogP) is 18.3. The van der Waals surface area contributed by atoms with Crippen molar-refractivity contribution in [2.75, 3.05) is 4.90 Å². The second-order valence-corrected chi connectivity index (χ2v) is 18.5. The highest BCUT2D eigenvalue weighted by atomic mass is 15.1. The van der Waals surface area contributed by atoms with E-state index < -0.39 is 0 Å². The molecule has 1 heterocycles. The number of anilines is 2. The quantitative estimate of drug-likeness (QED) is 0.138. The minimum atomic E-state index is 0.242. The first-order valence-corrected chi connectivity index (χ1v) is 24.1. The monoisotopic (exact) mass is 880 g/mol. The lowest BCUT2D eigenvalue weighted by Gasteiger charge is -2.32. The Balaban J connectivity index is 0.934. The molecule has 0 N–H and O–H groups in total. The summed E-state index contributed by atoms with van der Waals surface area (Å²) in [4.78, 5) is 2.46. The molecular formula is C67H48N2. The van der Waals surface area contributed by atoms with Crippen molar-refractivity contribution in [3.63, 3.8) is 0 Å². The smallest absolute Gasteiger partial charge is 0.0547 e. The predicted molar refractivity (Wildman–Crippen MR) is 294 cm³/mol. The highest BCUT2D eigenvalue weighted by Gasteiger charge is 2.25. The molecule has 1 aliphatic carbocycles. The van der Waals surface area contributed by atoms with Crippen LogP contribution in [0.1, 0.15) is 18.4 Å². The molecule has 0 saturated carbocycles. The molecule has 12 aromatic rings. The van der Waals surface area contributed by atoms with Crippen LogP contribution in [0.4, 0.5) is 11.4 Å². The number of rotatable bonds is 8. The summed E-state index contributed by atoms with van der Waals surface area (Å²) >= 11 is 0. The number of hydrogen-bond donors (Lipinski definition) is 0. The Hall–Kier alpha value is -8.72. The Morgan fingerprint density at radius 1 is 0.391 bits per heavy atom. The maximum Gasteiger partial charge on any atom is 0.0547 e. The van der Waals surface area contributed by atoms with Gasteiger partial charge in [-0.1, -0.05) is 207 Å². The van der Waals surface area contributed by atoms with Crippen LogP contribution in [0.5, 0.6) is 0 Å². The second kappa shape index (κ2) is 16.9. The Labute approximate surface area is 403 Å². The summed E-state index contributed by atoms with van der Waals surface area (Å²) < 4.78 is 2.42. The van der Waals surface area contributed by atoms with Crippen LogP contribution in [-0.2, 0) is 0 Å². The minimum absolute atomic E-state index is 0.242. The van der Waals surface area contributed by atoms with Crippen LogP contribution in [0.3, 0.4) is 0 Å². The highest BCUT2D eigenvalue weighted by molar-refractivity contribution is 6.17. The summed E-state index contributed by atoms with van der Waals surface area (Å²) in [7, 11) is 0. The van der Waals surface area contributed by atoms with Crippen LogP contribution in [-0.4, -0.2) is 4.57 Å². The van der Waals surface area contributed by atoms with Gasteiger partial charge in [-0.15, -0.1) is 0 Å². The zero-order valence-electron chi connectivity index (χ0n) is 38.4. The van der Waals surface area contributed by atoms with E-state index in [0.29, 0.717) is 0 Å². The van der Waals surface area contributed by atoms with Crippen molar-refractivity contribution in [3.8, 4) is 39.1 Å². The van der Waals surface area contributed by atoms with Gasteiger partial charge >= 0.3 is 0 Å². The van der Waals surface area contributed by atoms with Crippen molar-refractivity contribution in [2.24, 2.45) is 5.92 Å². The Morgan fingerprint density at radius 2 is 1.03 bits per heavy atom. The van der Waals surface area contributed by atoms with Crippen LogP contribution in [0, 0.1) is 5.92 Å². The molecule has 2 nitrogen and oxygen atoms in total. The van der Waals surface area contributed by atoms with E-state index in [4.69, 9.17) is 0 Å². The largest absolute Gasteiger partial charge is 0.311 e. The standard InChI is InChI=1S/C67H48N2/c1-45-41-56(36-38-58(45)49-29-31-50(32-30-49)61-26-13-19-47-17-8-10-24-59(47)61)68(57-37-39-62-53(43-57)34-33-48-18-9-11-25-60(48)62)55-23-12-20-52(42-55)63-27-14-28-66-67(63)64-44-51(46-15-4-2-5-16-46)35-40-65(64)69(66)54-21-6-3-7-22-54/h2-45,58H,1H3. The summed E-state index contributed by atoms with van der Waals surface area (Å²) in [6.07, 6.45) is 7.24. The van der Waals surface area contributed by atoms with E-state index >= 15 is 0 Å². The number of nitrogens with zero attached hydrogens (tertiary/aromatic N) is 2. The van der Waals surface area contributed by atoms with Crippen molar-refractivity contribution in [3.05, 3.63) is 272 Å². The van der Waals surface area contributed by atoms with E-state index in [1.54, 1.807) is 0 Å². The molecule has 69 heavy (non-hydrogen) atoms. The number of aromatic nitrogens is 1. The Morgan fingerprint density at radius 3 is 1.86 bits per heavy atom. The summed E-state index contributed by atoms with van der Waals surface area (Å²) in [5.41, 5.74) is 15.6. The van der Waals surface area contributed by atoms with Crippen LogP contribution >= 0.6 is 0 Å². The van der Waals surface area contributed by atoms with Gasteiger partial charge in [0.25, 0.3) is 0 Å². The van der Waals surface area contributed by atoms with Crippen molar-refractivity contribution in [1.29, 1.82) is 0 Å². The van der Waals surface area contributed by atoms with E-state index in [1.807, 2.05) is 0 Å². The molecular weight excluding hydrogens is 833 g/mol. The van der Waals surface area contributed by atoms with Gasteiger partial charge in [-0.2, -0.15) is 0 Å². The van der Waals surface area contributed by atoms with E-state index in [0.717, 1.165) is 22.8 Å². The molecule has 0 amide bonds. The summed E-state index contributed by atoms with van der Waals surface area (Å²) in [5, 5.41) is 10.0. The number of fused-ring (bicyclic) bond motifs is 7. The first kappa shape index (κ1) is 40.5. The molecule has 13 rings (SSSR count). The average molecular weight is 881 g/mol. The maximum atomic E-state index is 2.47. The molecule has 0 bridgehead atoms. The molecule has 2 heteroatoms. The first-order chi connectivity index (χ1) is 34.1. The van der Waals surface area contributed by atoms with Gasteiger partial charge in [0.05, 0.1) is 11.0 Å². The molecule has 0 radical (unpaired) electrons. The number of hydrogen-bond acceptors (Lipinski definition) is 1. The van der Waals surface area contributed by atoms with E-state index in [2.05, 4.69) is 277 Å². The molecule has 0 spiro atoms. The zero-order valence-corrected chi connectivity index (χ0v) is 38.4. The van der Waals surface area contributed by atoms with Gasteiger partial charge < -0.3 is 9.47 Å². The first-order valence-electron chi connectivity index (χ1n) is 24.1. The SMILES string of the molecule is CC1C=C(N(c2cccc(-c3cccc4c3c3cc(-c5ccccc5)ccc3n4-c3ccccc3)c2)c2ccc3c(ccc4ccccc43)c2)C=CC1c1ccc(-c2cccc3ccccc23)cc1. The highest BCUT2D eigenvalue weighted by Crippen LogP contribution is 2.44. The third-order valence-electron chi connectivity index (χ3n) is 14.4. The van der Waals surface area contributed by atoms with Crippen LogP contribution in [0.25, 0.3) is 93.2 Å². The van der Waals surface area contributed by atoms with Gasteiger partial charge in [0, 0.05) is 39.4 Å². The van der Waals surface area contributed by atoms with E-state index in [9.17, 15) is 0 Å². The average Bonchev–Trinajstić information content (AvgIpc) is 3.75. The third-order valence-corrected chi connectivity index (χ3v) is 14.4. The minimum Gasteiger partial charge on any atom is -0.311 e. The number of benzene rings is 11. The topological polar surface area (TPSA) is 8.17 Å². The van der Waals surface area contributed by atoms with Gasteiger partial charge in [0.1, 0.15) is 0 Å². The Kier molecular flexibility index (Phi) is 9.91. The molecule has 0 aliphatic heterocycles. The van der Waals surface area contributed by atoms with Crippen molar-refractivity contribution in [2.45, 2.75) is 12.8 Å². The Bertz CT molecular complexity index is 3960. The maximum absolute atomic E-state index is 2.47. The second-order valence-electron chi connectivity index (χ2n) is 18.5. The normalized spacial score (nSPS) is 14.8. The molecule has 11 aromatic carbocycles. The van der Waals surface area contributed by atoms with E-state index in [-0.39, 0.29) is 11.8 Å². The molecule has 326 valence electrons. The summed E-state index contributed by atoms with van der Waals surface area (Å²) in [6, 6.07) is 89.1. The van der Waals surface area contributed by atoms with E-state index in [1.165, 1.54) is 93.1 Å². The van der Waals surface area contributed by atoms with Gasteiger partial charge in [-0.05, 0) is 138 Å². The number of para-hydroxylation sites is 1.